The first-order valence-electron chi connectivity index (χ1n) is 6.55. The largest absolute Gasteiger partial charge is 0.353 e. The van der Waals surface area contributed by atoms with E-state index in [1.165, 1.54) is 19.3 Å². The van der Waals surface area contributed by atoms with Gasteiger partial charge in [-0.2, -0.15) is 0 Å². The van der Waals surface area contributed by atoms with Gasteiger partial charge in [-0.25, -0.2) is 0 Å². The molecule has 15 heavy (non-hydrogen) atoms. The number of carbonyl (C=O) groups excluding carboxylic acids is 1. The van der Waals surface area contributed by atoms with Gasteiger partial charge < -0.3 is 5.32 Å². The normalized spacial score (nSPS) is 33.7. The van der Waals surface area contributed by atoms with Gasteiger partial charge in [0.2, 0.25) is 5.91 Å². The van der Waals surface area contributed by atoms with Crippen molar-refractivity contribution < 1.29 is 4.79 Å². The summed E-state index contributed by atoms with van der Waals surface area (Å²) in [5.41, 5.74) is 0. The highest BCUT2D eigenvalue weighted by atomic mass is 16.2. The van der Waals surface area contributed by atoms with Crippen LogP contribution in [0.2, 0.25) is 0 Å². The molecule has 0 radical (unpaired) electrons. The van der Waals surface area contributed by atoms with Gasteiger partial charge in [0.15, 0.2) is 0 Å². The molecule has 2 aliphatic rings. The number of carbonyl (C=O) groups is 1. The number of hydrogen-bond acceptors (Lipinski definition) is 1. The van der Waals surface area contributed by atoms with Gasteiger partial charge in [-0.15, -0.1) is 0 Å². The summed E-state index contributed by atoms with van der Waals surface area (Å²) >= 11 is 0. The number of fused-ring (bicyclic) bond motifs is 2. The molecule has 2 fully saturated rings. The SMILES string of the molecule is CCC(CC)NC(=O)C1CC2CCC1C2. The van der Waals surface area contributed by atoms with Crippen molar-refractivity contribution in [3.8, 4) is 0 Å². The van der Waals surface area contributed by atoms with E-state index in [1.54, 1.807) is 0 Å². The van der Waals surface area contributed by atoms with Crippen molar-refractivity contribution in [1.29, 1.82) is 0 Å². The zero-order valence-electron chi connectivity index (χ0n) is 9.96. The Morgan fingerprint density at radius 1 is 1.27 bits per heavy atom. The van der Waals surface area contributed by atoms with E-state index in [4.69, 9.17) is 0 Å². The molecule has 0 spiro atoms. The van der Waals surface area contributed by atoms with Gasteiger partial charge in [-0.1, -0.05) is 20.3 Å². The van der Waals surface area contributed by atoms with Crippen LogP contribution in [-0.2, 0) is 4.79 Å². The van der Waals surface area contributed by atoms with Crippen molar-refractivity contribution in [3.05, 3.63) is 0 Å². The number of hydrogen-bond donors (Lipinski definition) is 1. The summed E-state index contributed by atoms with van der Waals surface area (Å²) in [7, 11) is 0. The van der Waals surface area contributed by atoms with Crippen molar-refractivity contribution in [2.75, 3.05) is 0 Å². The number of nitrogens with one attached hydrogen (secondary N) is 1. The first-order valence-corrected chi connectivity index (χ1v) is 6.55. The molecule has 0 aromatic carbocycles. The summed E-state index contributed by atoms with van der Waals surface area (Å²) in [6, 6.07) is 0.400. The predicted molar refractivity (Wildman–Crippen MR) is 61.5 cm³/mol. The Hall–Kier alpha value is -0.530. The second-order valence-corrected chi connectivity index (χ2v) is 5.30. The first kappa shape index (κ1) is 11.0. The fraction of sp³-hybridized carbons (Fsp3) is 0.923. The number of amides is 1. The molecule has 2 bridgehead atoms. The molecule has 2 saturated carbocycles. The topological polar surface area (TPSA) is 29.1 Å². The van der Waals surface area contributed by atoms with Gasteiger partial charge in [0, 0.05) is 12.0 Å². The van der Waals surface area contributed by atoms with Gasteiger partial charge in [-0.3, -0.25) is 4.79 Å². The summed E-state index contributed by atoms with van der Waals surface area (Å²) in [5, 5.41) is 3.20. The van der Waals surface area contributed by atoms with Crippen LogP contribution in [0.3, 0.4) is 0 Å². The monoisotopic (exact) mass is 209 g/mol. The molecule has 2 heteroatoms. The lowest BCUT2D eigenvalue weighted by molar-refractivity contribution is -0.127. The Bertz CT molecular complexity index is 235. The van der Waals surface area contributed by atoms with E-state index in [-0.39, 0.29) is 0 Å². The molecular formula is C13H23NO. The molecule has 0 aromatic heterocycles. The Labute approximate surface area is 92.8 Å². The maximum atomic E-state index is 12.1. The van der Waals surface area contributed by atoms with E-state index >= 15 is 0 Å². The van der Waals surface area contributed by atoms with E-state index in [0.717, 1.165) is 25.2 Å². The molecule has 2 aliphatic carbocycles. The molecule has 0 aromatic rings. The maximum Gasteiger partial charge on any atom is 0.223 e. The van der Waals surface area contributed by atoms with Crippen LogP contribution >= 0.6 is 0 Å². The predicted octanol–water partition coefficient (Wildman–Crippen LogP) is 2.73. The van der Waals surface area contributed by atoms with Gasteiger partial charge in [0.05, 0.1) is 0 Å². The summed E-state index contributed by atoms with van der Waals surface area (Å²) in [6.07, 6.45) is 7.27. The van der Waals surface area contributed by atoms with Gasteiger partial charge in [-0.05, 0) is 43.9 Å². The minimum Gasteiger partial charge on any atom is -0.353 e. The third-order valence-electron chi connectivity index (χ3n) is 4.41. The first-order chi connectivity index (χ1) is 7.24. The lowest BCUT2D eigenvalue weighted by Gasteiger charge is -2.23. The lowest BCUT2D eigenvalue weighted by Crippen LogP contribution is -2.39. The zero-order valence-corrected chi connectivity index (χ0v) is 9.96. The highest BCUT2D eigenvalue weighted by Crippen LogP contribution is 2.48. The molecule has 2 nitrogen and oxygen atoms in total. The smallest absolute Gasteiger partial charge is 0.223 e. The number of rotatable bonds is 4. The average molecular weight is 209 g/mol. The van der Waals surface area contributed by atoms with E-state index in [2.05, 4.69) is 19.2 Å². The molecule has 2 rings (SSSR count). The van der Waals surface area contributed by atoms with Crippen LogP contribution in [-0.4, -0.2) is 11.9 Å². The van der Waals surface area contributed by atoms with Crippen molar-refractivity contribution >= 4 is 5.91 Å². The second kappa shape index (κ2) is 4.54. The fourth-order valence-electron chi connectivity index (χ4n) is 3.37. The molecule has 3 unspecified atom stereocenters. The molecule has 86 valence electrons. The van der Waals surface area contributed by atoms with E-state index < -0.39 is 0 Å². The van der Waals surface area contributed by atoms with E-state index in [9.17, 15) is 4.79 Å². The zero-order chi connectivity index (χ0) is 10.8. The summed E-state index contributed by atoms with van der Waals surface area (Å²) in [5.74, 6) is 2.28. The van der Waals surface area contributed by atoms with Crippen LogP contribution in [0.5, 0.6) is 0 Å². The Morgan fingerprint density at radius 3 is 2.47 bits per heavy atom. The molecule has 0 saturated heterocycles. The third kappa shape index (κ3) is 2.19. The standard InChI is InChI=1S/C13H23NO/c1-3-11(4-2)14-13(15)12-8-9-5-6-10(12)7-9/h9-12H,3-8H2,1-2H3,(H,14,15). The highest BCUT2D eigenvalue weighted by molar-refractivity contribution is 5.79. The van der Waals surface area contributed by atoms with Crippen LogP contribution in [0.15, 0.2) is 0 Å². The third-order valence-corrected chi connectivity index (χ3v) is 4.41. The highest BCUT2D eigenvalue weighted by Gasteiger charge is 2.43. The minimum absolute atomic E-state index is 0.343. The van der Waals surface area contributed by atoms with Crippen molar-refractivity contribution in [2.45, 2.75) is 58.4 Å². The fourth-order valence-corrected chi connectivity index (χ4v) is 3.37. The molecule has 0 heterocycles. The van der Waals surface area contributed by atoms with Crippen LogP contribution in [0.1, 0.15) is 52.4 Å². The molecule has 3 atom stereocenters. The Morgan fingerprint density at radius 2 is 2.00 bits per heavy atom. The van der Waals surface area contributed by atoms with Gasteiger partial charge in [0.25, 0.3) is 0 Å². The molecular weight excluding hydrogens is 186 g/mol. The van der Waals surface area contributed by atoms with E-state index in [1.807, 2.05) is 0 Å². The maximum absolute atomic E-state index is 12.1. The van der Waals surface area contributed by atoms with Crippen LogP contribution in [0.25, 0.3) is 0 Å². The van der Waals surface area contributed by atoms with Crippen molar-refractivity contribution in [1.82, 2.24) is 5.32 Å². The molecule has 1 N–H and O–H groups in total. The lowest BCUT2D eigenvalue weighted by atomic mass is 9.88. The second-order valence-electron chi connectivity index (χ2n) is 5.30. The van der Waals surface area contributed by atoms with Crippen LogP contribution in [0, 0.1) is 17.8 Å². The summed E-state index contributed by atoms with van der Waals surface area (Å²) in [4.78, 5) is 12.1. The minimum atomic E-state index is 0.343. The van der Waals surface area contributed by atoms with Gasteiger partial charge in [0.1, 0.15) is 0 Å². The average Bonchev–Trinajstić information content (AvgIpc) is 2.87. The van der Waals surface area contributed by atoms with Gasteiger partial charge >= 0.3 is 0 Å². The van der Waals surface area contributed by atoms with Crippen LogP contribution < -0.4 is 5.32 Å². The molecule has 0 aliphatic heterocycles. The Balaban J connectivity index is 1.86. The van der Waals surface area contributed by atoms with Crippen LogP contribution in [0.4, 0.5) is 0 Å². The summed E-state index contributed by atoms with van der Waals surface area (Å²) < 4.78 is 0. The van der Waals surface area contributed by atoms with Crippen molar-refractivity contribution in [2.24, 2.45) is 17.8 Å². The van der Waals surface area contributed by atoms with E-state index in [0.29, 0.717) is 23.8 Å². The van der Waals surface area contributed by atoms with Crippen molar-refractivity contribution in [3.63, 3.8) is 0 Å². The quantitative estimate of drug-likeness (QED) is 0.758. The molecule has 1 amide bonds. The summed E-state index contributed by atoms with van der Waals surface area (Å²) in [6.45, 7) is 4.30. The Kier molecular flexibility index (Phi) is 3.32.